The van der Waals surface area contributed by atoms with Gasteiger partial charge in [-0.05, 0) is 25.1 Å². The summed E-state index contributed by atoms with van der Waals surface area (Å²) in [6.07, 6.45) is 0.593. The van der Waals surface area contributed by atoms with E-state index in [0.29, 0.717) is 21.5 Å². The minimum atomic E-state index is -0.865. The third-order valence-electron chi connectivity index (χ3n) is 3.61. The molecule has 3 aromatic rings. The van der Waals surface area contributed by atoms with Crippen molar-refractivity contribution >= 4 is 22.5 Å². The molecule has 4 nitrogen and oxygen atoms in total. The molecule has 0 radical (unpaired) electrons. The second-order valence-corrected chi connectivity index (χ2v) is 5.67. The Morgan fingerprint density at radius 2 is 2.05 bits per heavy atom. The summed E-state index contributed by atoms with van der Waals surface area (Å²) in [5.74, 6) is 0. The molecule has 0 amide bonds. The van der Waals surface area contributed by atoms with Crippen LogP contribution in [0.2, 0.25) is 5.02 Å². The lowest BCUT2D eigenvalue weighted by Crippen LogP contribution is -2.24. The Bertz CT molecular complexity index is 889. The summed E-state index contributed by atoms with van der Waals surface area (Å²) in [4.78, 5) is 16.8. The average molecular weight is 315 g/mol. The lowest BCUT2D eigenvalue weighted by Gasteiger charge is -2.14. The number of nitrogens with zero attached hydrogens (tertiary/aromatic N) is 2. The van der Waals surface area contributed by atoms with Gasteiger partial charge in [-0.15, -0.1) is 0 Å². The Labute approximate surface area is 132 Å². The normalized spacial score (nSPS) is 12.5. The van der Waals surface area contributed by atoms with Crippen molar-refractivity contribution in [2.75, 3.05) is 0 Å². The third kappa shape index (κ3) is 2.75. The van der Waals surface area contributed by atoms with Crippen LogP contribution >= 0.6 is 11.6 Å². The minimum Gasteiger partial charge on any atom is -0.386 e. The van der Waals surface area contributed by atoms with Crippen LogP contribution in [0.3, 0.4) is 0 Å². The minimum absolute atomic E-state index is 0.111. The smallest absolute Gasteiger partial charge is 0.261 e. The SMILES string of the molecule is Cc1ccc2ncn(CC(O)c3ccccc3Cl)c(=O)c2c1. The van der Waals surface area contributed by atoms with E-state index in [-0.39, 0.29) is 12.1 Å². The first kappa shape index (κ1) is 14.8. The molecule has 3 rings (SSSR count). The van der Waals surface area contributed by atoms with Gasteiger partial charge in [0.15, 0.2) is 0 Å². The molecule has 0 saturated heterocycles. The van der Waals surface area contributed by atoms with Gasteiger partial charge in [0.05, 0.1) is 29.9 Å². The van der Waals surface area contributed by atoms with Gasteiger partial charge in [0.2, 0.25) is 0 Å². The first-order valence-electron chi connectivity index (χ1n) is 6.94. The largest absolute Gasteiger partial charge is 0.386 e. The number of aryl methyl sites for hydroxylation is 1. The third-order valence-corrected chi connectivity index (χ3v) is 3.96. The van der Waals surface area contributed by atoms with Gasteiger partial charge in [-0.3, -0.25) is 9.36 Å². The van der Waals surface area contributed by atoms with Crippen molar-refractivity contribution in [1.82, 2.24) is 9.55 Å². The Kier molecular flexibility index (Phi) is 3.96. The van der Waals surface area contributed by atoms with E-state index in [9.17, 15) is 9.90 Å². The van der Waals surface area contributed by atoms with E-state index in [0.717, 1.165) is 5.56 Å². The van der Waals surface area contributed by atoms with Crippen molar-refractivity contribution in [3.8, 4) is 0 Å². The maximum Gasteiger partial charge on any atom is 0.261 e. The highest BCUT2D eigenvalue weighted by atomic mass is 35.5. The molecular formula is C17H15ClN2O2. The number of halogens is 1. The Hall–Kier alpha value is -2.17. The highest BCUT2D eigenvalue weighted by Gasteiger charge is 2.13. The van der Waals surface area contributed by atoms with Crippen LogP contribution in [0.15, 0.2) is 53.6 Å². The van der Waals surface area contributed by atoms with E-state index >= 15 is 0 Å². The van der Waals surface area contributed by atoms with Crippen LogP contribution in [0.5, 0.6) is 0 Å². The predicted molar refractivity (Wildman–Crippen MR) is 87.2 cm³/mol. The van der Waals surface area contributed by atoms with E-state index in [1.165, 1.54) is 10.9 Å². The number of hydrogen-bond donors (Lipinski definition) is 1. The van der Waals surface area contributed by atoms with Gasteiger partial charge < -0.3 is 5.11 Å². The zero-order valence-corrected chi connectivity index (χ0v) is 12.8. The van der Waals surface area contributed by atoms with Gasteiger partial charge in [-0.25, -0.2) is 4.98 Å². The predicted octanol–water partition coefficient (Wildman–Crippen LogP) is 3.09. The van der Waals surface area contributed by atoms with Crippen molar-refractivity contribution in [3.63, 3.8) is 0 Å². The molecule has 0 aliphatic rings. The molecule has 0 saturated carbocycles. The Morgan fingerprint density at radius 1 is 1.27 bits per heavy atom. The Morgan fingerprint density at radius 3 is 2.82 bits per heavy atom. The summed E-state index contributed by atoms with van der Waals surface area (Å²) in [6.45, 7) is 2.04. The van der Waals surface area contributed by atoms with E-state index in [4.69, 9.17) is 11.6 Å². The van der Waals surface area contributed by atoms with Gasteiger partial charge in [0, 0.05) is 10.6 Å². The molecule has 0 aliphatic heterocycles. The Balaban J connectivity index is 1.99. The van der Waals surface area contributed by atoms with Crippen LogP contribution in [-0.2, 0) is 6.54 Å². The summed E-state index contributed by atoms with van der Waals surface area (Å²) in [6, 6.07) is 12.6. The lowest BCUT2D eigenvalue weighted by molar-refractivity contribution is 0.155. The summed E-state index contributed by atoms with van der Waals surface area (Å²) in [5, 5.41) is 11.4. The summed E-state index contributed by atoms with van der Waals surface area (Å²) >= 11 is 6.08. The zero-order valence-electron chi connectivity index (χ0n) is 12.0. The molecule has 22 heavy (non-hydrogen) atoms. The molecule has 5 heteroatoms. The fraction of sp³-hybridized carbons (Fsp3) is 0.176. The average Bonchev–Trinajstić information content (AvgIpc) is 2.51. The van der Waals surface area contributed by atoms with Crippen molar-refractivity contribution in [1.29, 1.82) is 0 Å². The highest BCUT2D eigenvalue weighted by Crippen LogP contribution is 2.23. The van der Waals surface area contributed by atoms with E-state index in [2.05, 4.69) is 4.98 Å². The molecule has 1 aromatic heterocycles. The first-order valence-corrected chi connectivity index (χ1v) is 7.32. The summed E-state index contributed by atoms with van der Waals surface area (Å²) in [5.41, 5.74) is 2.08. The topological polar surface area (TPSA) is 55.1 Å². The van der Waals surface area contributed by atoms with Crippen LogP contribution in [0.1, 0.15) is 17.2 Å². The van der Waals surface area contributed by atoms with E-state index in [1.807, 2.05) is 25.1 Å². The van der Waals surface area contributed by atoms with Gasteiger partial charge in [0.1, 0.15) is 0 Å². The molecule has 1 atom stereocenters. The van der Waals surface area contributed by atoms with Crippen LogP contribution in [0.25, 0.3) is 10.9 Å². The molecule has 2 aromatic carbocycles. The molecule has 0 fully saturated rings. The van der Waals surface area contributed by atoms with Crippen LogP contribution in [0.4, 0.5) is 0 Å². The molecule has 0 spiro atoms. The summed E-state index contributed by atoms with van der Waals surface area (Å²) < 4.78 is 1.41. The number of aliphatic hydroxyl groups excluding tert-OH is 1. The van der Waals surface area contributed by atoms with Crippen molar-refractivity contribution in [3.05, 3.63) is 75.3 Å². The highest BCUT2D eigenvalue weighted by molar-refractivity contribution is 6.31. The van der Waals surface area contributed by atoms with Gasteiger partial charge in [-0.1, -0.05) is 41.4 Å². The number of aromatic nitrogens is 2. The molecule has 1 N–H and O–H groups in total. The molecular weight excluding hydrogens is 300 g/mol. The fourth-order valence-electron chi connectivity index (χ4n) is 2.43. The molecule has 1 unspecified atom stereocenters. The number of rotatable bonds is 3. The molecule has 112 valence electrons. The number of fused-ring (bicyclic) bond motifs is 1. The number of benzene rings is 2. The van der Waals surface area contributed by atoms with Gasteiger partial charge >= 0.3 is 0 Å². The maximum atomic E-state index is 12.5. The van der Waals surface area contributed by atoms with Gasteiger partial charge in [0.25, 0.3) is 5.56 Å². The van der Waals surface area contributed by atoms with E-state index < -0.39 is 6.10 Å². The maximum absolute atomic E-state index is 12.5. The van der Waals surface area contributed by atoms with Crippen LogP contribution < -0.4 is 5.56 Å². The van der Waals surface area contributed by atoms with E-state index in [1.54, 1.807) is 24.3 Å². The second-order valence-electron chi connectivity index (χ2n) is 5.26. The standard InChI is InChI=1S/C17H15ClN2O2/c1-11-6-7-15-13(8-11)17(22)20(10-19-15)9-16(21)12-4-2-3-5-14(12)18/h2-8,10,16,21H,9H2,1H3. The van der Waals surface area contributed by atoms with Crippen molar-refractivity contribution in [2.24, 2.45) is 0 Å². The molecule has 1 heterocycles. The van der Waals surface area contributed by atoms with Gasteiger partial charge in [-0.2, -0.15) is 0 Å². The number of aliphatic hydroxyl groups is 1. The quantitative estimate of drug-likeness (QED) is 0.808. The lowest BCUT2D eigenvalue weighted by atomic mass is 10.1. The monoisotopic (exact) mass is 314 g/mol. The van der Waals surface area contributed by atoms with Crippen molar-refractivity contribution in [2.45, 2.75) is 19.6 Å². The second kappa shape index (κ2) is 5.91. The van der Waals surface area contributed by atoms with Crippen LogP contribution in [-0.4, -0.2) is 14.7 Å². The van der Waals surface area contributed by atoms with Crippen LogP contribution in [0, 0.1) is 6.92 Å². The molecule has 0 aliphatic carbocycles. The first-order chi connectivity index (χ1) is 10.6. The fourth-order valence-corrected chi connectivity index (χ4v) is 2.69. The molecule has 0 bridgehead atoms. The van der Waals surface area contributed by atoms with Crippen molar-refractivity contribution < 1.29 is 5.11 Å². The summed E-state index contributed by atoms with van der Waals surface area (Å²) in [7, 11) is 0. The number of hydrogen-bond acceptors (Lipinski definition) is 3. The zero-order chi connectivity index (χ0) is 15.7.